The first-order valence-corrected chi connectivity index (χ1v) is 6.29. The maximum absolute atomic E-state index is 5.52. The molecule has 0 saturated heterocycles. The normalized spacial score (nSPS) is 10.1. The van der Waals surface area contributed by atoms with E-state index in [4.69, 9.17) is 4.74 Å². The Morgan fingerprint density at radius 2 is 1.86 bits per heavy atom. The first-order chi connectivity index (χ1) is 6.74. The molecule has 0 fully saturated rings. The number of ether oxygens (including phenoxy) is 1. The highest BCUT2D eigenvalue weighted by Crippen LogP contribution is 2.28. The van der Waals surface area contributed by atoms with Crippen LogP contribution in [0, 0.1) is 0 Å². The zero-order chi connectivity index (χ0) is 9.97. The van der Waals surface area contributed by atoms with Crippen LogP contribution < -0.4 is 4.74 Å². The minimum atomic E-state index is 0.625. The van der Waals surface area contributed by atoms with Crippen molar-refractivity contribution in [3.8, 4) is 11.6 Å². The van der Waals surface area contributed by atoms with E-state index in [2.05, 4.69) is 36.8 Å². The summed E-state index contributed by atoms with van der Waals surface area (Å²) in [5, 5.41) is 1.86. The van der Waals surface area contributed by atoms with Crippen LogP contribution in [-0.2, 0) is 0 Å². The summed E-state index contributed by atoms with van der Waals surface area (Å²) in [7, 11) is 0. The molecule has 2 rings (SSSR count). The third-order valence-electron chi connectivity index (χ3n) is 1.47. The first kappa shape index (κ1) is 10.1. The second kappa shape index (κ2) is 4.42. The molecule has 0 radical (unpaired) electrons. The molecule has 0 aliphatic heterocycles. The predicted molar refractivity (Wildman–Crippen MR) is 64.0 cm³/mol. The summed E-state index contributed by atoms with van der Waals surface area (Å²) in [4.78, 5) is 4.04. The van der Waals surface area contributed by atoms with E-state index in [1.54, 1.807) is 5.51 Å². The second-order valence-electron chi connectivity index (χ2n) is 2.53. The lowest BCUT2D eigenvalue weighted by atomic mass is 10.3. The molecule has 0 aliphatic rings. The van der Waals surface area contributed by atoms with Gasteiger partial charge in [-0.15, -0.1) is 11.3 Å². The van der Waals surface area contributed by atoms with E-state index in [-0.39, 0.29) is 0 Å². The zero-order valence-corrected chi connectivity index (χ0v) is 10.9. The second-order valence-corrected chi connectivity index (χ2v) is 5.08. The molecule has 0 bridgehead atoms. The van der Waals surface area contributed by atoms with Crippen LogP contribution in [0.2, 0.25) is 0 Å². The molecule has 0 saturated carbocycles. The number of aromatic nitrogens is 1. The standard InChI is InChI=1S/C9H5Br2NOS/c10-6-1-7(11)3-8(2-6)13-9-4-14-5-12-9/h1-5H. The first-order valence-electron chi connectivity index (χ1n) is 3.76. The topological polar surface area (TPSA) is 22.1 Å². The Labute approximate surface area is 102 Å². The molecule has 0 N–H and O–H groups in total. The monoisotopic (exact) mass is 333 g/mol. The average molecular weight is 335 g/mol. The lowest BCUT2D eigenvalue weighted by molar-refractivity contribution is 0.466. The fraction of sp³-hybridized carbons (Fsp3) is 0. The van der Waals surface area contributed by atoms with E-state index in [9.17, 15) is 0 Å². The van der Waals surface area contributed by atoms with Crippen LogP contribution in [0.15, 0.2) is 38.0 Å². The molecule has 14 heavy (non-hydrogen) atoms. The van der Waals surface area contributed by atoms with Gasteiger partial charge >= 0.3 is 0 Å². The smallest absolute Gasteiger partial charge is 0.230 e. The Kier molecular flexibility index (Phi) is 3.20. The molecule has 2 aromatic rings. The summed E-state index contributed by atoms with van der Waals surface area (Å²) >= 11 is 8.29. The van der Waals surface area contributed by atoms with Gasteiger partial charge in [0.15, 0.2) is 0 Å². The van der Waals surface area contributed by atoms with Crippen molar-refractivity contribution in [2.24, 2.45) is 0 Å². The molecule has 0 unspecified atom stereocenters. The molecule has 1 aromatic heterocycles. The Morgan fingerprint density at radius 3 is 2.43 bits per heavy atom. The van der Waals surface area contributed by atoms with Crippen molar-refractivity contribution in [1.29, 1.82) is 0 Å². The van der Waals surface area contributed by atoms with E-state index in [1.807, 2.05) is 23.6 Å². The van der Waals surface area contributed by atoms with Crippen LogP contribution in [0.1, 0.15) is 0 Å². The van der Waals surface area contributed by atoms with E-state index >= 15 is 0 Å². The number of thiazole rings is 1. The number of hydrogen-bond acceptors (Lipinski definition) is 3. The fourth-order valence-corrected chi connectivity index (χ4v) is 2.66. The molecule has 1 heterocycles. The minimum absolute atomic E-state index is 0.625. The van der Waals surface area contributed by atoms with Gasteiger partial charge in [-0.05, 0) is 18.2 Å². The van der Waals surface area contributed by atoms with E-state index in [1.165, 1.54) is 11.3 Å². The van der Waals surface area contributed by atoms with Crippen LogP contribution >= 0.6 is 43.2 Å². The molecule has 0 spiro atoms. The number of benzene rings is 1. The van der Waals surface area contributed by atoms with Gasteiger partial charge in [0.2, 0.25) is 5.88 Å². The summed E-state index contributed by atoms with van der Waals surface area (Å²) in [6.45, 7) is 0. The maximum atomic E-state index is 5.52. The van der Waals surface area contributed by atoms with Gasteiger partial charge < -0.3 is 4.74 Å². The van der Waals surface area contributed by atoms with Gasteiger partial charge in [-0.2, -0.15) is 0 Å². The van der Waals surface area contributed by atoms with Crippen LogP contribution in [-0.4, -0.2) is 4.98 Å². The summed E-state index contributed by atoms with van der Waals surface area (Å²) < 4.78 is 7.46. The molecule has 72 valence electrons. The van der Waals surface area contributed by atoms with Crippen molar-refractivity contribution < 1.29 is 4.74 Å². The highest BCUT2D eigenvalue weighted by molar-refractivity contribution is 9.11. The number of nitrogens with zero attached hydrogens (tertiary/aromatic N) is 1. The van der Waals surface area contributed by atoms with Crippen molar-refractivity contribution in [1.82, 2.24) is 4.98 Å². The van der Waals surface area contributed by atoms with Crippen LogP contribution in [0.25, 0.3) is 0 Å². The number of rotatable bonds is 2. The molecule has 5 heteroatoms. The summed E-state index contributed by atoms with van der Waals surface area (Å²) in [5.74, 6) is 1.39. The SMILES string of the molecule is Brc1cc(Br)cc(Oc2cscn2)c1. The molecule has 0 aliphatic carbocycles. The molecule has 1 aromatic carbocycles. The third kappa shape index (κ3) is 2.56. The van der Waals surface area contributed by atoms with Crippen molar-refractivity contribution in [2.45, 2.75) is 0 Å². The lowest BCUT2D eigenvalue weighted by Gasteiger charge is -2.03. The van der Waals surface area contributed by atoms with E-state index in [0.717, 1.165) is 14.7 Å². The third-order valence-corrected chi connectivity index (χ3v) is 2.95. The van der Waals surface area contributed by atoms with Crippen LogP contribution in [0.5, 0.6) is 11.6 Å². The highest BCUT2D eigenvalue weighted by atomic mass is 79.9. The molecular weight excluding hydrogens is 330 g/mol. The molecule has 0 atom stereocenters. The van der Waals surface area contributed by atoms with Gasteiger partial charge in [0, 0.05) is 8.95 Å². The van der Waals surface area contributed by atoms with Crippen molar-refractivity contribution in [3.63, 3.8) is 0 Å². The van der Waals surface area contributed by atoms with E-state index < -0.39 is 0 Å². The average Bonchev–Trinajstić information content (AvgIpc) is 2.54. The predicted octanol–water partition coefficient (Wildman–Crippen LogP) is 4.46. The van der Waals surface area contributed by atoms with E-state index in [0.29, 0.717) is 5.88 Å². The van der Waals surface area contributed by atoms with Crippen molar-refractivity contribution in [2.75, 3.05) is 0 Å². The maximum Gasteiger partial charge on any atom is 0.230 e. The Balaban J connectivity index is 2.25. The van der Waals surface area contributed by atoms with Crippen molar-refractivity contribution in [3.05, 3.63) is 38.0 Å². The van der Waals surface area contributed by atoms with Gasteiger partial charge in [-0.25, -0.2) is 4.98 Å². The molecule has 0 amide bonds. The lowest BCUT2D eigenvalue weighted by Crippen LogP contribution is -1.83. The Bertz CT molecular complexity index is 410. The zero-order valence-electron chi connectivity index (χ0n) is 6.91. The quantitative estimate of drug-likeness (QED) is 0.808. The van der Waals surface area contributed by atoms with Gasteiger partial charge in [0.05, 0.1) is 10.9 Å². The largest absolute Gasteiger partial charge is 0.438 e. The Morgan fingerprint density at radius 1 is 1.14 bits per heavy atom. The van der Waals surface area contributed by atoms with Gasteiger partial charge in [-0.3, -0.25) is 0 Å². The minimum Gasteiger partial charge on any atom is -0.438 e. The van der Waals surface area contributed by atoms with Crippen molar-refractivity contribution >= 4 is 43.2 Å². The summed E-state index contributed by atoms with van der Waals surface area (Å²) in [5.41, 5.74) is 1.74. The molecule has 2 nitrogen and oxygen atoms in total. The van der Waals surface area contributed by atoms with Gasteiger partial charge in [0.1, 0.15) is 5.75 Å². The number of halogens is 2. The summed E-state index contributed by atoms with van der Waals surface area (Å²) in [6.07, 6.45) is 0. The Hall–Kier alpha value is -0.390. The van der Waals surface area contributed by atoms with Crippen LogP contribution in [0.3, 0.4) is 0 Å². The highest BCUT2D eigenvalue weighted by Gasteiger charge is 2.01. The fourth-order valence-electron chi connectivity index (χ4n) is 0.960. The van der Waals surface area contributed by atoms with Gasteiger partial charge in [0.25, 0.3) is 0 Å². The van der Waals surface area contributed by atoms with Crippen LogP contribution in [0.4, 0.5) is 0 Å². The van der Waals surface area contributed by atoms with Gasteiger partial charge in [-0.1, -0.05) is 31.9 Å². The number of hydrogen-bond donors (Lipinski definition) is 0. The molecular formula is C9H5Br2NOS. The summed E-state index contributed by atoms with van der Waals surface area (Å²) in [6, 6.07) is 5.74.